The number of benzene rings is 9. The Kier molecular flexibility index (Phi) is 10.7. The summed E-state index contributed by atoms with van der Waals surface area (Å²) in [7, 11) is 81.4. The van der Waals surface area contributed by atoms with Crippen LogP contribution in [0.3, 0.4) is 0 Å². The van der Waals surface area contributed by atoms with Crippen LogP contribution in [0.15, 0.2) is 146 Å². The van der Waals surface area contributed by atoms with Crippen molar-refractivity contribution in [2.45, 2.75) is 0 Å². The van der Waals surface area contributed by atoms with Crippen molar-refractivity contribution in [3.8, 4) is 55.9 Å². The quantitative estimate of drug-likeness (QED) is 0.211. The first kappa shape index (κ1) is 43.9. The largest absolute Gasteiger partial charge is 0.311 e. The van der Waals surface area contributed by atoms with Gasteiger partial charge in [0.25, 0.3) is 0 Å². The van der Waals surface area contributed by atoms with E-state index in [1.54, 1.807) is 0 Å². The predicted molar refractivity (Wildman–Crippen MR) is 302 cm³/mol. The molecule has 11 aromatic rings. The van der Waals surface area contributed by atoms with Gasteiger partial charge in [0, 0.05) is 38.6 Å². The Labute approximate surface area is 411 Å². The third-order valence-electron chi connectivity index (χ3n) is 13.4. The Morgan fingerprint density at radius 1 is 0.265 bits per heavy atom. The lowest BCUT2D eigenvalue weighted by Gasteiger charge is -2.22. The molecule has 2 heterocycles. The van der Waals surface area contributed by atoms with Crippen LogP contribution >= 0.6 is 0 Å². The summed E-state index contributed by atoms with van der Waals surface area (Å²) >= 11 is 0. The molecule has 0 aliphatic carbocycles. The summed E-state index contributed by atoms with van der Waals surface area (Å²) in [5.74, 6) is 0. The molecule has 0 saturated carbocycles. The summed E-state index contributed by atoms with van der Waals surface area (Å²) in [6, 6.07) is 48.6. The fourth-order valence-corrected chi connectivity index (χ4v) is 9.98. The Balaban J connectivity index is 1.15. The van der Waals surface area contributed by atoms with Gasteiger partial charge in [-0.1, -0.05) is 141 Å². The van der Waals surface area contributed by atoms with Gasteiger partial charge in [-0.15, -0.1) is 27.3 Å². The number of rotatable bonds is 6. The van der Waals surface area contributed by atoms with E-state index in [0.29, 0.717) is 55.2 Å². The average molecular weight is 831 g/mol. The first-order chi connectivity index (χ1) is 32.8. The Morgan fingerprint density at radius 2 is 0.706 bits per heavy atom. The molecular formula is C54H24B12N2. The van der Waals surface area contributed by atoms with Gasteiger partial charge < -0.3 is 9.13 Å². The van der Waals surface area contributed by atoms with Crippen LogP contribution in [-0.2, 0) is 0 Å². The predicted octanol–water partition coefficient (Wildman–Crippen LogP) is 0.0744. The van der Waals surface area contributed by atoms with Gasteiger partial charge in [0.1, 0.15) is 94.2 Å². The first-order valence-electron chi connectivity index (χ1n) is 21.8. The lowest BCUT2D eigenvalue weighted by atomic mass is 9.59. The molecule has 2 nitrogen and oxygen atoms in total. The van der Waals surface area contributed by atoms with Gasteiger partial charge >= 0.3 is 0 Å². The number of fused-ring (bicyclic) bond motifs is 6. The van der Waals surface area contributed by atoms with E-state index in [0.717, 1.165) is 49.7 Å². The molecule has 0 fully saturated rings. The second kappa shape index (κ2) is 16.6. The van der Waals surface area contributed by atoms with Crippen molar-refractivity contribution in [3.05, 3.63) is 146 Å². The summed E-state index contributed by atoms with van der Waals surface area (Å²) in [5, 5.41) is 2.64. The van der Waals surface area contributed by atoms with E-state index in [-0.39, 0.29) is 60.1 Å². The number of hydrogen-bond acceptors (Lipinski definition) is 0. The highest BCUT2D eigenvalue weighted by molar-refractivity contribution is 6.70. The van der Waals surface area contributed by atoms with Gasteiger partial charge in [-0.2, -0.15) is 0 Å². The summed E-state index contributed by atoms with van der Waals surface area (Å²) in [5.41, 5.74) is 13.3. The molecule has 68 heavy (non-hydrogen) atoms. The van der Waals surface area contributed by atoms with Crippen LogP contribution in [0.5, 0.6) is 0 Å². The molecule has 0 atom stereocenters. The molecule has 14 heteroatoms. The lowest BCUT2D eigenvalue weighted by molar-refractivity contribution is 1.18. The van der Waals surface area contributed by atoms with Crippen LogP contribution in [0, 0.1) is 0 Å². The Bertz CT molecular complexity index is 3870. The van der Waals surface area contributed by atoms with Gasteiger partial charge in [0.2, 0.25) is 0 Å². The van der Waals surface area contributed by atoms with Crippen molar-refractivity contribution in [1.29, 1.82) is 0 Å². The van der Waals surface area contributed by atoms with Crippen LogP contribution < -0.4 is 65.6 Å². The zero-order valence-electron chi connectivity index (χ0n) is 36.7. The Hall–Kier alpha value is -6.64. The molecule has 0 spiro atoms. The summed E-state index contributed by atoms with van der Waals surface area (Å²) < 4.78 is 4.07. The van der Waals surface area contributed by atoms with Crippen LogP contribution in [0.1, 0.15) is 0 Å². The SMILES string of the molecule is [B]c1c([B])c([B])c(-c2cccc3c2c2cc(-c4c([B])c([B])c5c(c4[B])c4c([B])c([B])c([B])c([B])c4n5-c4ccc(-c5ccc(-c6ccccc6)cc5)cc4)ccc2n3-c2ccccc2)c([B])c1[B]. The third kappa shape index (κ3) is 6.50. The van der Waals surface area contributed by atoms with Crippen molar-refractivity contribution in [1.82, 2.24) is 9.13 Å². The smallest absolute Gasteiger partial charge is 0.115 e. The number of hydrogen-bond donors (Lipinski definition) is 0. The second-order valence-electron chi connectivity index (χ2n) is 17.1. The normalized spacial score (nSPS) is 11.6. The van der Waals surface area contributed by atoms with Crippen molar-refractivity contribution in [2.24, 2.45) is 0 Å². The van der Waals surface area contributed by atoms with Gasteiger partial charge in [0.15, 0.2) is 0 Å². The maximum Gasteiger partial charge on any atom is 0.115 e. The fraction of sp³-hybridized carbons (Fsp3) is 0. The molecule has 286 valence electrons. The molecule has 24 radical (unpaired) electrons. The average Bonchev–Trinajstić information content (AvgIpc) is 3.91. The minimum atomic E-state index is 0.124. The zero-order valence-corrected chi connectivity index (χ0v) is 36.7. The van der Waals surface area contributed by atoms with Crippen LogP contribution in [0.2, 0.25) is 0 Å². The number of nitrogens with zero attached hydrogens (tertiary/aromatic N) is 2. The van der Waals surface area contributed by atoms with E-state index in [2.05, 4.69) is 41.0 Å². The molecule has 0 unspecified atom stereocenters. The molecule has 11 rings (SSSR count). The van der Waals surface area contributed by atoms with E-state index >= 15 is 0 Å². The summed E-state index contributed by atoms with van der Waals surface area (Å²) in [4.78, 5) is 0. The van der Waals surface area contributed by atoms with Crippen molar-refractivity contribution < 1.29 is 0 Å². The minimum absolute atomic E-state index is 0.124. The number of para-hydroxylation sites is 1. The van der Waals surface area contributed by atoms with Crippen LogP contribution in [0.4, 0.5) is 0 Å². The van der Waals surface area contributed by atoms with Crippen molar-refractivity contribution in [2.75, 3.05) is 0 Å². The third-order valence-corrected chi connectivity index (χ3v) is 13.4. The van der Waals surface area contributed by atoms with E-state index in [9.17, 15) is 0 Å². The maximum atomic E-state index is 7.41. The van der Waals surface area contributed by atoms with Crippen LogP contribution in [0.25, 0.3) is 99.5 Å². The minimum Gasteiger partial charge on any atom is -0.311 e. The zero-order chi connectivity index (χ0) is 47.4. The summed E-state index contributed by atoms with van der Waals surface area (Å²) in [6.45, 7) is 0. The molecule has 2 aromatic heterocycles. The standard InChI is InChI=1S/C54H24B12N2/c55-41-36(29-20-23-34-33(24-29)37-32(38-43(57)46(60)49(63)47(61)44(38)58)12-7-13-35(37)67(34)30-10-5-2-6-11-30)42(56)51(65)53-39(41)40-45(59)48(62)50(64)52(66)54(40)68(53)31-21-18-28(19-22-31)27-16-14-26(15-17-27)25-8-3-1-4-9-25/h1-24H. The highest BCUT2D eigenvalue weighted by Crippen LogP contribution is 2.40. The molecule has 0 aliphatic rings. The summed E-state index contributed by atoms with van der Waals surface area (Å²) in [6.07, 6.45) is 0. The molecule has 0 aliphatic heterocycles. The number of aromatic nitrogens is 2. The Morgan fingerprint density at radius 3 is 1.31 bits per heavy atom. The highest BCUT2D eigenvalue weighted by Gasteiger charge is 2.26. The topological polar surface area (TPSA) is 9.86 Å². The molecule has 0 bridgehead atoms. The highest BCUT2D eigenvalue weighted by atomic mass is 15.0. The molecule has 0 saturated heterocycles. The van der Waals surface area contributed by atoms with Gasteiger partial charge in [-0.3, -0.25) is 0 Å². The monoisotopic (exact) mass is 832 g/mol. The van der Waals surface area contributed by atoms with Crippen molar-refractivity contribution in [3.63, 3.8) is 0 Å². The molecule has 0 N–H and O–H groups in total. The van der Waals surface area contributed by atoms with Crippen molar-refractivity contribution >= 4 is 203 Å². The van der Waals surface area contributed by atoms with E-state index in [1.165, 1.54) is 0 Å². The lowest BCUT2D eigenvalue weighted by Crippen LogP contribution is -2.55. The van der Waals surface area contributed by atoms with Gasteiger partial charge in [-0.25, -0.2) is 0 Å². The molecule has 0 amide bonds. The van der Waals surface area contributed by atoms with Crippen LogP contribution in [-0.4, -0.2) is 103 Å². The van der Waals surface area contributed by atoms with Gasteiger partial charge in [-0.05, 0) is 92.4 Å². The van der Waals surface area contributed by atoms with E-state index in [4.69, 9.17) is 94.2 Å². The van der Waals surface area contributed by atoms with E-state index in [1.807, 2.05) is 114 Å². The van der Waals surface area contributed by atoms with E-state index < -0.39 is 0 Å². The second-order valence-corrected chi connectivity index (χ2v) is 17.1. The first-order valence-corrected chi connectivity index (χ1v) is 21.8. The maximum absolute atomic E-state index is 7.41. The fourth-order valence-electron chi connectivity index (χ4n) is 9.98. The molecule has 9 aromatic carbocycles. The van der Waals surface area contributed by atoms with Gasteiger partial charge in [0.05, 0.1) is 11.0 Å². The molecular weight excluding hydrogens is 806 g/mol.